The van der Waals surface area contributed by atoms with Crippen LogP contribution < -0.4 is 10.1 Å². The molecule has 1 unspecified atom stereocenters. The lowest BCUT2D eigenvalue weighted by molar-refractivity contribution is 0.0931. The summed E-state index contributed by atoms with van der Waals surface area (Å²) >= 11 is 0. The molecule has 0 heterocycles. The molecule has 156 valence electrons. The second-order valence-corrected chi connectivity index (χ2v) is 8.01. The maximum Gasteiger partial charge on any atom is 0.251 e. The van der Waals surface area contributed by atoms with E-state index in [1.54, 1.807) is 18.2 Å². The number of carbonyl (C=O) groups is 1. The summed E-state index contributed by atoms with van der Waals surface area (Å²) in [5.74, 6) is 0.630. The van der Waals surface area contributed by atoms with Crippen LogP contribution in [0.5, 0.6) is 5.75 Å². The minimum absolute atomic E-state index is 0.0449. The lowest BCUT2D eigenvalue weighted by Crippen LogP contribution is -2.29. The topological polar surface area (TPSA) is 38.3 Å². The summed E-state index contributed by atoms with van der Waals surface area (Å²) < 4.78 is 18.7. The molecule has 3 aromatic rings. The molecule has 0 saturated heterocycles. The summed E-state index contributed by atoms with van der Waals surface area (Å²) in [4.78, 5) is 13.0. The Morgan fingerprint density at radius 3 is 2.43 bits per heavy atom. The van der Waals surface area contributed by atoms with Crippen LogP contribution in [0.3, 0.4) is 0 Å². The number of rotatable bonds is 8. The largest absolute Gasteiger partial charge is 0.489 e. The summed E-state index contributed by atoms with van der Waals surface area (Å²) in [6, 6.07) is 21.5. The van der Waals surface area contributed by atoms with Crippen molar-refractivity contribution in [1.82, 2.24) is 5.32 Å². The second-order valence-electron chi connectivity index (χ2n) is 8.01. The van der Waals surface area contributed by atoms with E-state index in [0.29, 0.717) is 23.8 Å². The first kappa shape index (κ1) is 21.6. The first-order valence-corrected chi connectivity index (χ1v) is 10.3. The number of amides is 1. The van der Waals surface area contributed by atoms with E-state index < -0.39 is 0 Å². The van der Waals surface area contributed by atoms with Gasteiger partial charge in [0.25, 0.3) is 5.91 Å². The van der Waals surface area contributed by atoms with Crippen LogP contribution >= 0.6 is 0 Å². The van der Waals surface area contributed by atoms with E-state index in [0.717, 1.165) is 17.5 Å². The monoisotopic (exact) mass is 405 g/mol. The van der Waals surface area contributed by atoms with Gasteiger partial charge >= 0.3 is 0 Å². The van der Waals surface area contributed by atoms with E-state index in [-0.39, 0.29) is 17.8 Å². The number of ether oxygens (including phenoxy) is 1. The standard InChI is InChI=1S/C26H28FNO2/c1-18(2)14-25(21-8-4-6-19(3)15-21)28-26(29)22-9-5-7-20(16-22)17-30-24-12-10-23(27)11-13-24/h4-13,15-16,18,25H,14,17H2,1-3H3,(H,28,29). The van der Waals surface area contributed by atoms with E-state index in [1.807, 2.05) is 24.3 Å². The lowest BCUT2D eigenvalue weighted by atomic mass is 9.95. The van der Waals surface area contributed by atoms with Gasteiger partial charge in [0, 0.05) is 5.56 Å². The van der Waals surface area contributed by atoms with Gasteiger partial charge in [0.2, 0.25) is 0 Å². The van der Waals surface area contributed by atoms with Crippen LogP contribution in [0.2, 0.25) is 0 Å². The van der Waals surface area contributed by atoms with Crippen LogP contribution in [-0.2, 0) is 6.61 Å². The zero-order valence-corrected chi connectivity index (χ0v) is 17.7. The third-order valence-corrected chi connectivity index (χ3v) is 4.87. The van der Waals surface area contributed by atoms with Gasteiger partial charge in [-0.2, -0.15) is 0 Å². The number of halogens is 1. The number of benzene rings is 3. The van der Waals surface area contributed by atoms with Crippen molar-refractivity contribution >= 4 is 5.91 Å². The highest BCUT2D eigenvalue weighted by molar-refractivity contribution is 5.94. The molecule has 1 atom stereocenters. The fourth-order valence-corrected chi connectivity index (χ4v) is 3.38. The SMILES string of the molecule is Cc1cccc(C(CC(C)C)NC(=O)c2cccc(COc3ccc(F)cc3)c2)c1. The fourth-order valence-electron chi connectivity index (χ4n) is 3.38. The predicted molar refractivity (Wildman–Crippen MR) is 118 cm³/mol. The van der Waals surface area contributed by atoms with E-state index in [4.69, 9.17) is 4.74 Å². The van der Waals surface area contributed by atoms with Gasteiger partial charge in [0.05, 0.1) is 6.04 Å². The van der Waals surface area contributed by atoms with Gasteiger partial charge in [-0.05, 0) is 66.8 Å². The van der Waals surface area contributed by atoms with Crippen molar-refractivity contribution in [3.63, 3.8) is 0 Å². The van der Waals surface area contributed by atoms with Gasteiger partial charge in [-0.3, -0.25) is 4.79 Å². The van der Waals surface area contributed by atoms with Crippen LogP contribution in [0.25, 0.3) is 0 Å². The molecular formula is C26H28FNO2. The Kier molecular flexibility index (Phi) is 7.23. The molecule has 0 aromatic heterocycles. The number of aryl methyl sites for hydroxylation is 1. The molecule has 4 heteroatoms. The summed E-state index contributed by atoms with van der Waals surface area (Å²) in [7, 11) is 0. The Morgan fingerprint density at radius 2 is 1.73 bits per heavy atom. The average Bonchev–Trinajstić information content (AvgIpc) is 2.73. The van der Waals surface area contributed by atoms with Crippen LogP contribution in [-0.4, -0.2) is 5.91 Å². The van der Waals surface area contributed by atoms with Gasteiger partial charge in [0.15, 0.2) is 0 Å². The highest BCUT2D eigenvalue weighted by Crippen LogP contribution is 2.23. The minimum atomic E-state index is -0.300. The Balaban J connectivity index is 1.70. The minimum Gasteiger partial charge on any atom is -0.489 e. The molecule has 0 spiro atoms. The average molecular weight is 406 g/mol. The molecule has 0 fully saturated rings. The van der Waals surface area contributed by atoms with Gasteiger partial charge in [-0.25, -0.2) is 4.39 Å². The maximum absolute atomic E-state index is 13.0. The molecule has 0 saturated carbocycles. The Morgan fingerprint density at radius 1 is 1.00 bits per heavy atom. The number of nitrogens with one attached hydrogen (secondary N) is 1. The molecule has 3 rings (SSSR count). The highest BCUT2D eigenvalue weighted by atomic mass is 19.1. The number of hydrogen-bond acceptors (Lipinski definition) is 2. The summed E-state index contributed by atoms with van der Waals surface area (Å²) in [6.45, 7) is 6.67. The Bertz CT molecular complexity index is 982. The Labute approximate surface area is 177 Å². The van der Waals surface area contributed by atoms with Gasteiger partial charge in [0.1, 0.15) is 18.2 Å². The van der Waals surface area contributed by atoms with Crippen molar-refractivity contribution in [3.05, 3.63) is 101 Å². The smallest absolute Gasteiger partial charge is 0.251 e. The number of carbonyl (C=O) groups excluding carboxylic acids is 1. The van der Waals surface area contributed by atoms with Crippen molar-refractivity contribution < 1.29 is 13.9 Å². The maximum atomic E-state index is 13.0. The first-order chi connectivity index (χ1) is 14.4. The van der Waals surface area contributed by atoms with Gasteiger partial charge < -0.3 is 10.1 Å². The van der Waals surface area contributed by atoms with Gasteiger partial charge in [-0.15, -0.1) is 0 Å². The van der Waals surface area contributed by atoms with Crippen LogP contribution in [0.15, 0.2) is 72.8 Å². The van der Waals surface area contributed by atoms with E-state index >= 15 is 0 Å². The molecule has 3 aromatic carbocycles. The molecule has 1 amide bonds. The summed E-state index contributed by atoms with van der Waals surface area (Å²) in [5.41, 5.74) is 3.77. The summed E-state index contributed by atoms with van der Waals surface area (Å²) in [6.07, 6.45) is 0.864. The van der Waals surface area contributed by atoms with Crippen molar-refractivity contribution in [2.24, 2.45) is 5.92 Å². The molecular weight excluding hydrogens is 377 g/mol. The molecule has 1 N–H and O–H groups in total. The van der Waals surface area contributed by atoms with Crippen molar-refractivity contribution in [1.29, 1.82) is 0 Å². The van der Waals surface area contributed by atoms with E-state index in [9.17, 15) is 9.18 Å². The predicted octanol–water partition coefficient (Wildman–Crippen LogP) is 6.23. The highest BCUT2D eigenvalue weighted by Gasteiger charge is 2.17. The van der Waals surface area contributed by atoms with Crippen LogP contribution in [0, 0.1) is 18.7 Å². The Hall–Kier alpha value is -3.14. The molecule has 0 aliphatic rings. The zero-order chi connectivity index (χ0) is 21.5. The van der Waals surface area contributed by atoms with Crippen LogP contribution in [0.1, 0.15) is 53.4 Å². The third-order valence-electron chi connectivity index (χ3n) is 4.87. The van der Waals surface area contributed by atoms with E-state index in [1.165, 1.54) is 17.7 Å². The zero-order valence-electron chi connectivity index (χ0n) is 17.7. The molecule has 3 nitrogen and oxygen atoms in total. The first-order valence-electron chi connectivity index (χ1n) is 10.3. The number of hydrogen-bond donors (Lipinski definition) is 1. The van der Waals surface area contributed by atoms with Crippen LogP contribution in [0.4, 0.5) is 4.39 Å². The normalized spacial score (nSPS) is 11.9. The van der Waals surface area contributed by atoms with Crippen molar-refractivity contribution in [2.45, 2.75) is 39.8 Å². The van der Waals surface area contributed by atoms with E-state index in [2.05, 4.69) is 44.3 Å². The third kappa shape index (κ3) is 6.18. The lowest BCUT2D eigenvalue weighted by Gasteiger charge is -2.22. The molecule has 30 heavy (non-hydrogen) atoms. The fraction of sp³-hybridized carbons (Fsp3) is 0.269. The molecule has 0 radical (unpaired) electrons. The molecule has 0 aliphatic heterocycles. The molecule has 0 bridgehead atoms. The van der Waals surface area contributed by atoms with Gasteiger partial charge in [-0.1, -0.05) is 55.8 Å². The second kappa shape index (κ2) is 10.1. The quantitative estimate of drug-likeness (QED) is 0.482. The van der Waals surface area contributed by atoms with Crippen molar-refractivity contribution in [3.8, 4) is 5.75 Å². The summed E-state index contributed by atoms with van der Waals surface area (Å²) in [5, 5.41) is 3.19. The molecule has 0 aliphatic carbocycles. The van der Waals surface area contributed by atoms with Crippen molar-refractivity contribution in [2.75, 3.05) is 0 Å².